The molecular weight excluding hydrogens is 394 g/mol. The summed E-state index contributed by atoms with van der Waals surface area (Å²) in [6.07, 6.45) is 1.52. The Morgan fingerprint density at radius 2 is 2.04 bits per heavy atom. The maximum atomic E-state index is 13.0. The van der Waals surface area contributed by atoms with E-state index in [1.165, 1.54) is 15.2 Å². The van der Waals surface area contributed by atoms with E-state index in [1.54, 1.807) is 26.0 Å². The zero-order valence-corrected chi connectivity index (χ0v) is 16.5. The van der Waals surface area contributed by atoms with Gasteiger partial charge in [0.2, 0.25) is 15.9 Å². The summed E-state index contributed by atoms with van der Waals surface area (Å²) in [5, 5.41) is 7.07. The van der Waals surface area contributed by atoms with Gasteiger partial charge < -0.3 is 10.1 Å². The molecule has 1 aliphatic rings. The Bertz CT molecular complexity index is 954. The molecule has 0 bridgehead atoms. The monoisotopic (exact) mass is 413 g/mol. The van der Waals surface area contributed by atoms with Gasteiger partial charge in [-0.2, -0.15) is 9.40 Å². The van der Waals surface area contributed by atoms with Crippen LogP contribution in [-0.2, 0) is 26.1 Å². The molecule has 9 nitrogen and oxygen atoms in total. The number of rotatable bonds is 5. The number of nitrogens with zero attached hydrogens (tertiary/aromatic N) is 4. The lowest BCUT2D eigenvalue weighted by Crippen LogP contribution is -2.41. The number of sulfonamides is 1. The van der Waals surface area contributed by atoms with Crippen molar-refractivity contribution in [2.24, 2.45) is 0 Å². The number of aryl methyl sites for hydroxylation is 1. The van der Waals surface area contributed by atoms with Crippen LogP contribution < -0.4 is 5.32 Å². The first kappa shape index (κ1) is 19.7. The maximum Gasteiger partial charge on any atom is 0.246 e. The molecule has 0 aromatic carbocycles. The van der Waals surface area contributed by atoms with Crippen LogP contribution in [0.25, 0.3) is 0 Å². The number of ether oxygens (including phenoxy) is 1. The lowest BCUT2D eigenvalue weighted by molar-refractivity contribution is -0.116. The van der Waals surface area contributed by atoms with Crippen LogP contribution in [0, 0.1) is 13.8 Å². The number of hydrogen-bond acceptors (Lipinski definition) is 6. The Morgan fingerprint density at radius 3 is 2.70 bits per heavy atom. The van der Waals surface area contributed by atoms with Gasteiger partial charge in [-0.25, -0.2) is 13.4 Å². The zero-order valence-electron chi connectivity index (χ0n) is 15.0. The highest BCUT2D eigenvalue weighted by Gasteiger charge is 2.32. The molecule has 1 N–H and O–H groups in total. The van der Waals surface area contributed by atoms with Gasteiger partial charge in [-0.05, 0) is 26.0 Å². The van der Waals surface area contributed by atoms with Gasteiger partial charge >= 0.3 is 0 Å². The summed E-state index contributed by atoms with van der Waals surface area (Å²) in [5.74, 6) is -0.383. The van der Waals surface area contributed by atoms with Crippen LogP contribution in [0.2, 0.25) is 5.15 Å². The number of carbonyl (C=O) groups is 1. The minimum atomic E-state index is -3.70. The lowest BCUT2D eigenvalue weighted by atomic mass is 10.4. The fourth-order valence-corrected chi connectivity index (χ4v) is 4.88. The molecule has 3 rings (SSSR count). The molecule has 2 aromatic rings. The van der Waals surface area contributed by atoms with E-state index in [2.05, 4.69) is 15.4 Å². The van der Waals surface area contributed by atoms with Gasteiger partial charge in [-0.3, -0.25) is 9.48 Å². The summed E-state index contributed by atoms with van der Waals surface area (Å²) in [6.45, 7) is 4.43. The van der Waals surface area contributed by atoms with Crippen molar-refractivity contribution in [1.29, 1.82) is 0 Å². The Kier molecular flexibility index (Phi) is 5.80. The number of carbonyl (C=O) groups excluding carboxylic acids is 1. The van der Waals surface area contributed by atoms with Crippen molar-refractivity contribution in [3.63, 3.8) is 0 Å². The van der Waals surface area contributed by atoms with E-state index >= 15 is 0 Å². The minimum Gasteiger partial charge on any atom is -0.379 e. The molecule has 2 aromatic heterocycles. The summed E-state index contributed by atoms with van der Waals surface area (Å²) in [6, 6.07) is 3.28. The van der Waals surface area contributed by atoms with Gasteiger partial charge in [-0.15, -0.1) is 0 Å². The Balaban J connectivity index is 1.81. The van der Waals surface area contributed by atoms with Gasteiger partial charge in [0, 0.05) is 19.3 Å². The molecule has 0 aliphatic carbocycles. The summed E-state index contributed by atoms with van der Waals surface area (Å²) in [5.41, 5.74) is 1.14. The number of hydrogen-bond donors (Lipinski definition) is 1. The van der Waals surface area contributed by atoms with Gasteiger partial charge in [0.25, 0.3) is 0 Å². The average Bonchev–Trinajstić information content (AvgIpc) is 2.91. The number of pyridine rings is 1. The third kappa shape index (κ3) is 4.13. The van der Waals surface area contributed by atoms with E-state index in [9.17, 15) is 13.2 Å². The van der Waals surface area contributed by atoms with Gasteiger partial charge in [0.15, 0.2) is 5.15 Å². The average molecular weight is 414 g/mol. The van der Waals surface area contributed by atoms with Crippen LogP contribution >= 0.6 is 11.6 Å². The molecule has 27 heavy (non-hydrogen) atoms. The predicted molar refractivity (Wildman–Crippen MR) is 99.2 cm³/mol. The van der Waals surface area contributed by atoms with E-state index in [4.69, 9.17) is 16.3 Å². The second kappa shape index (κ2) is 7.93. The lowest BCUT2D eigenvalue weighted by Gasteiger charge is -2.26. The minimum absolute atomic E-state index is 0.136. The van der Waals surface area contributed by atoms with Crippen LogP contribution in [0.5, 0.6) is 0 Å². The van der Waals surface area contributed by atoms with Crippen molar-refractivity contribution in [1.82, 2.24) is 19.1 Å². The molecule has 0 saturated carbocycles. The maximum absolute atomic E-state index is 13.0. The van der Waals surface area contributed by atoms with Crippen molar-refractivity contribution >= 4 is 33.2 Å². The first-order valence-electron chi connectivity index (χ1n) is 8.33. The van der Waals surface area contributed by atoms with Gasteiger partial charge in [-0.1, -0.05) is 11.6 Å². The van der Waals surface area contributed by atoms with E-state index in [0.717, 1.165) is 0 Å². The topological polar surface area (TPSA) is 106 Å². The van der Waals surface area contributed by atoms with Gasteiger partial charge in [0.1, 0.15) is 11.4 Å². The zero-order chi connectivity index (χ0) is 19.6. The number of anilines is 1. The molecule has 1 saturated heterocycles. The third-order valence-corrected chi connectivity index (χ3v) is 6.66. The second-order valence-electron chi connectivity index (χ2n) is 6.06. The second-order valence-corrected chi connectivity index (χ2v) is 8.30. The summed E-state index contributed by atoms with van der Waals surface area (Å²) >= 11 is 5.93. The molecule has 0 unspecified atom stereocenters. The van der Waals surface area contributed by atoms with Crippen LogP contribution in [0.3, 0.4) is 0 Å². The number of amides is 1. The molecule has 0 spiro atoms. The fourth-order valence-electron chi connectivity index (χ4n) is 2.93. The number of nitrogens with one attached hydrogen (secondary N) is 1. The Hall–Kier alpha value is -2.01. The quantitative estimate of drug-likeness (QED) is 0.738. The van der Waals surface area contributed by atoms with E-state index in [-0.39, 0.29) is 22.5 Å². The Morgan fingerprint density at radius 1 is 1.33 bits per heavy atom. The number of morpholine rings is 1. The van der Waals surface area contributed by atoms with Crippen LogP contribution in [-0.4, -0.2) is 59.7 Å². The molecule has 1 fully saturated rings. The molecule has 146 valence electrons. The molecule has 11 heteroatoms. The molecule has 3 heterocycles. The highest BCUT2D eigenvalue weighted by Crippen LogP contribution is 2.24. The van der Waals surface area contributed by atoms with Gasteiger partial charge in [0.05, 0.1) is 30.3 Å². The molecular formula is C16H20ClN5O4S. The molecule has 0 radical (unpaired) electrons. The van der Waals surface area contributed by atoms with Crippen molar-refractivity contribution in [3.05, 3.63) is 34.9 Å². The summed E-state index contributed by atoms with van der Waals surface area (Å²) < 4.78 is 33.9. The summed E-state index contributed by atoms with van der Waals surface area (Å²) in [7, 11) is -3.70. The van der Waals surface area contributed by atoms with Crippen LogP contribution in [0.1, 0.15) is 11.4 Å². The molecule has 0 atom stereocenters. The van der Waals surface area contributed by atoms with Crippen molar-refractivity contribution in [3.8, 4) is 0 Å². The standard InChI is InChI=1S/C16H20ClN5O4S/c1-11-15(27(24,25)21-6-8-26-9-7-21)12(2)22(20-11)10-14(23)19-13-4-3-5-18-16(13)17/h3-5H,6-10H2,1-2H3,(H,19,23). The summed E-state index contributed by atoms with van der Waals surface area (Å²) in [4.78, 5) is 16.4. The fraction of sp³-hybridized carbons (Fsp3) is 0.438. The van der Waals surface area contributed by atoms with Crippen molar-refractivity contribution < 1.29 is 17.9 Å². The number of halogens is 1. The molecule has 1 aliphatic heterocycles. The van der Waals surface area contributed by atoms with E-state index in [0.29, 0.717) is 43.4 Å². The molecule has 1 amide bonds. The first-order valence-corrected chi connectivity index (χ1v) is 10.1. The van der Waals surface area contributed by atoms with Crippen LogP contribution in [0.4, 0.5) is 5.69 Å². The van der Waals surface area contributed by atoms with Crippen molar-refractivity contribution in [2.45, 2.75) is 25.3 Å². The highest BCUT2D eigenvalue weighted by molar-refractivity contribution is 7.89. The SMILES string of the molecule is Cc1nn(CC(=O)Nc2cccnc2Cl)c(C)c1S(=O)(=O)N1CCOCC1. The Labute approximate surface area is 162 Å². The highest BCUT2D eigenvalue weighted by atomic mass is 35.5. The largest absolute Gasteiger partial charge is 0.379 e. The smallest absolute Gasteiger partial charge is 0.246 e. The van der Waals surface area contributed by atoms with Crippen LogP contribution in [0.15, 0.2) is 23.2 Å². The van der Waals surface area contributed by atoms with E-state index in [1.807, 2.05) is 0 Å². The third-order valence-electron chi connectivity index (χ3n) is 4.21. The van der Waals surface area contributed by atoms with E-state index < -0.39 is 10.0 Å². The van der Waals surface area contributed by atoms with Crippen molar-refractivity contribution in [2.75, 3.05) is 31.6 Å². The predicted octanol–water partition coefficient (Wildman–Crippen LogP) is 1.21. The first-order chi connectivity index (χ1) is 12.8. The normalized spacial score (nSPS) is 15.7. The number of aromatic nitrogens is 3.